The molecule has 3 aromatic rings. The monoisotopic (exact) mass is 427 g/mol. The molecule has 2 aromatic carbocycles. The smallest absolute Gasteiger partial charge is 0.215 e. The first kappa shape index (κ1) is 20.3. The molecule has 0 saturated carbocycles. The zero-order valence-electron chi connectivity index (χ0n) is 16.6. The van der Waals surface area contributed by atoms with Crippen LogP contribution in [-0.2, 0) is 19.4 Å². The Labute approximate surface area is 181 Å². The second kappa shape index (κ2) is 9.70. The van der Waals surface area contributed by atoms with E-state index >= 15 is 0 Å². The molecule has 0 bridgehead atoms. The Hall–Kier alpha value is -1.95. The van der Waals surface area contributed by atoms with Gasteiger partial charge in [-0.25, -0.2) is 4.68 Å². The quantitative estimate of drug-likeness (QED) is 0.480. The van der Waals surface area contributed by atoms with Gasteiger partial charge in [-0.1, -0.05) is 48.9 Å². The summed E-state index contributed by atoms with van der Waals surface area (Å²) in [6, 6.07) is 18.6. The molecule has 1 atom stereocenters. The largest absolute Gasteiger partial charge is 0.478 e. The fourth-order valence-corrected chi connectivity index (χ4v) is 4.52. The number of hydrogen-bond acceptors (Lipinski definition) is 4. The molecule has 0 spiro atoms. The predicted octanol–water partition coefficient (Wildman–Crippen LogP) is 5.85. The molecule has 4 nitrogen and oxygen atoms in total. The van der Waals surface area contributed by atoms with Crippen LogP contribution in [0.15, 0.2) is 59.5 Å². The molecule has 1 aliphatic rings. The van der Waals surface area contributed by atoms with Crippen molar-refractivity contribution in [3.8, 4) is 5.88 Å². The molecule has 1 N–H and O–H groups in total. The number of benzene rings is 2. The van der Waals surface area contributed by atoms with Crippen LogP contribution in [0.25, 0.3) is 0 Å². The molecule has 29 heavy (non-hydrogen) atoms. The van der Waals surface area contributed by atoms with E-state index < -0.39 is 0 Å². The molecule has 1 aliphatic heterocycles. The van der Waals surface area contributed by atoms with Gasteiger partial charge in [-0.15, -0.1) is 0 Å². The molecule has 0 aliphatic carbocycles. The first-order valence-electron chi connectivity index (χ1n) is 10.2. The second-order valence-corrected chi connectivity index (χ2v) is 8.57. The average Bonchev–Trinajstić information content (AvgIpc) is 2.93. The minimum atomic E-state index is 0.0797. The van der Waals surface area contributed by atoms with Crippen LogP contribution in [0, 0.1) is 0 Å². The van der Waals surface area contributed by atoms with E-state index in [-0.39, 0.29) is 6.04 Å². The molecule has 6 heteroatoms. The van der Waals surface area contributed by atoms with Crippen molar-refractivity contribution in [2.45, 2.75) is 50.1 Å². The van der Waals surface area contributed by atoms with Gasteiger partial charge in [0.1, 0.15) is 0 Å². The number of aryl methyl sites for hydroxylation is 1. The molecule has 4 rings (SSSR count). The minimum Gasteiger partial charge on any atom is -0.478 e. The van der Waals surface area contributed by atoms with Gasteiger partial charge < -0.3 is 4.74 Å². The molecular formula is C23H26ClN3OS. The Morgan fingerprint density at radius 3 is 2.69 bits per heavy atom. The summed E-state index contributed by atoms with van der Waals surface area (Å²) in [5.41, 5.74) is 3.60. The summed E-state index contributed by atoms with van der Waals surface area (Å²) < 4.78 is 11.8. The Morgan fingerprint density at radius 2 is 1.93 bits per heavy atom. The van der Waals surface area contributed by atoms with Crippen molar-refractivity contribution in [3.05, 3.63) is 76.4 Å². The summed E-state index contributed by atoms with van der Waals surface area (Å²) in [7, 11) is 0. The second-order valence-electron chi connectivity index (χ2n) is 7.22. The predicted molar refractivity (Wildman–Crippen MR) is 120 cm³/mol. The number of fused-ring (bicyclic) bond motifs is 1. The molecule has 0 saturated heterocycles. The topological polar surface area (TPSA) is 39.1 Å². The van der Waals surface area contributed by atoms with Crippen LogP contribution in [0.3, 0.4) is 0 Å². The molecule has 0 fully saturated rings. The fourth-order valence-electron chi connectivity index (χ4n) is 3.64. The zero-order chi connectivity index (χ0) is 20.1. The average molecular weight is 428 g/mol. The van der Waals surface area contributed by atoms with Crippen molar-refractivity contribution in [3.63, 3.8) is 0 Å². The lowest BCUT2D eigenvalue weighted by atomic mass is 10.0. The molecular weight excluding hydrogens is 402 g/mol. The summed E-state index contributed by atoms with van der Waals surface area (Å²) in [6.45, 7) is 3.88. The lowest BCUT2D eigenvalue weighted by Crippen LogP contribution is -2.19. The maximum absolute atomic E-state index is 6.08. The summed E-state index contributed by atoms with van der Waals surface area (Å²) >= 11 is 7.65. The van der Waals surface area contributed by atoms with Crippen LogP contribution >= 0.6 is 23.5 Å². The van der Waals surface area contributed by atoms with Crippen LogP contribution < -0.4 is 9.46 Å². The summed E-state index contributed by atoms with van der Waals surface area (Å²) in [5.74, 6) is 0.955. The van der Waals surface area contributed by atoms with Crippen molar-refractivity contribution in [1.29, 1.82) is 0 Å². The molecule has 0 amide bonds. The van der Waals surface area contributed by atoms with Crippen molar-refractivity contribution < 1.29 is 4.74 Å². The summed E-state index contributed by atoms with van der Waals surface area (Å²) in [5, 5.41) is 5.75. The molecule has 1 aromatic heterocycles. The van der Waals surface area contributed by atoms with Crippen molar-refractivity contribution >= 4 is 23.5 Å². The van der Waals surface area contributed by atoms with E-state index in [1.54, 1.807) is 11.9 Å². The molecule has 2 heterocycles. The van der Waals surface area contributed by atoms with Crippen LogP contribution in [0.4, 0.5) is 0 Å². The van der Waals surface area contributed by atoms with Crippen LogP contribution in [0.2, 0.25) is 5.02 Å². The fraction of sp³-hybridized carbons (Fsp3) is 0.348. The zero-order valence-corrected chi connectivity index (χ0v) is 18.2. The standard InChI is InChI=1S/C23H26ClN3OS/c1-2-20-22(25-27-14-6-7-15-28-23(20)27)21(16-17-8-4-3-5-9-17)26-29-19-12-10-18(24)11-13-19/h3-5,8-13,21,26H,2,6-7,14-16H2,1H3. The maximum atomic E-state index is 6.08. The van der Waals surface area contributed by atoms with Gasteiger partial charge in [-0.3, -0.25) is 4.72 Å². The van der Waals surface area contributed by atoms with Gasteiger partial charge in [-0.2, -0.15) is 5.10 Å². The van der Waals surface area contributed by atoms with Gasteiger partial charge >= 0.3 is 0 Å². The van der Waals surface area contributed by atoms with Crippen molar-refractivity contribution in [2.24, 2.45) is 0 Å². The molecule has 152 valence electrons. The van der Waals surface area contributed by atoms with Gasteiger partial charge in [0.15, 0.2) is 0 Å². The highest BCUT2D eigenvalue weighted by Gasteiger charge is 2.26. The van der Waals surface area contributed by atoms with Gasteiger partial charge in [0.05, 0.1) is 18.3 Å². The van der Waals surface area contributed by atoms with Gasteiger partial charge in [0.25, 0.3) is 0 Å². The van der Waals surface area contributed by atoms with Crippen molar-refractivity contribution in [2.75, 3.05) is 6.61 Å². The Balaban J connectivity index is 1.63. The number of hydrogen-bond donors (Lipinski definition) is 1. The minimum absolute atomic E-state index is 0.0797. The van der Waals surface area contributed by atoms with Crippen LogP contribution in [0.1, 0.15) is 42.6 Å². The first-order chi connectivity index (χ1) is 14.2. The first-order valence-corrected chi connectivity index (χ1v) is 11.4. The number of aromatic nitrogens is 2. The van der Waals surface area contributed by atoms with E-state index in [2.05, 4.69) is 46.7 Å². The van der Waals surface area contributed by atoms with Gasteiger partial charge in [-0.05, 0) is 67.5 Å². The van der Waals surface area contributed by atoms with E-state index in [1.165, 1.54) is 11.1 Å². The van der Waals surface area contributed by atoms with Crippen molar-refractivity contribution in [1.82, 2.24) is 14.5 Å². The van der Waals surface area contributed by atoms with E-state index in [0.717, 1.165) is 60.3 Å². The third kappa shape index (κ3) is 4.97. The number of ether oxygens (including phenoxy) is 1. The van der Waals surface area contributed by atoms with Gasteiger partial charge in [0, 0.05) is 22.0 Å². The van der Waals surface area contributed by atoms with E-state index in [0.29, 0.717) is 0 Å². The number of rotatable bonds is 7. The SMILES string of the molecule is CCc1c(C(Cc2ccccc2)NSc2ccc(Cl)cc2)nn2c1OCCCC2. The van der Waals surface area contributed by atoms with E-state index in [9.17, 15) is 0 Å². The summed E-state index contributed by atoms with van der Waals surface area (Å²) in [4.78, 5) is 1.13. The summed E-state index contributed by atoms with van der Waals surface area (Å²) in [6.07, 6.45) is 3.96. The third-order valence-electron chi connectivity index (χ3n) is 5.13. The lowest BCUT2D eigenvalue weighted by Gasteiger charge is -2.18. The number of nitrogens with zero attached hydrogens (tertiary/aromatic N) is 2. The Bertz CT molecular complexity index is 927. The Morgan fingerprint density at radius 1 is 1.14 bits per heavy atom. The highest BCUT2D eigenvalue weighted by molar-refractivity contribution is 7.97. The van der Waals surface area contributed by atoms with E-state index in [4.69, 9.17) is 21.4 Å². The number of halogens is 1. The third-order valence-corrected chi connectivity index (χ3v) is 6.29. The van der Waals surface area contributed by atoms with Gasteiger partial charge in [0.2, 0.25) is 5.88 Å². The van der Waals surface area contributed by atoms with E-state index in [1.807, 2.05) is 24.3 Å². The molecule has 0 radical (unpaired) electrons. The van der Waals surface area contributed by atoms with Crippen LogP contribution in [-0.4, -0.2) is 16.4 Å². The number of nitrogens with one attached hydrogen (secondary N) is 1. The van der Waals surface area contributed by atoms with Crippen LogP contribution in [0.5, 0.6) is 5.88 Å². The molecule has 1 unspecified atom stereocenters. The lowest BCUT2D eigenvalue weighted by molar-refractivity contribution is 0.300. The highest BCUT2D eigenvalue weighted by Crippen LogP contribution is 2.33. The maximum Gasteiger partial charge on any atom is 0.215 e. The highest BCUT2D eigenvalue weighted by atomic mass is 35.5. The normalized spacial score (nSPS) is 14.7. The Kier molecular flexibility index (Phi) is 6.80.